The van der Waals surface area contributed by atoms with E-state index in [0.29, 0.717) is 0 Å². The van der Waals surface area contributed by atoms with Crippen molar-refractivity contribution in [3.05, 3.63) is 0 Å². The molecule has 0 bridgehead atoms. The number of ether oxygens (including phenoxy) is 1. The zero-order valence-corrected chi connectivity index (χ0v) is 11.3. The van der Waals surface area contributed by atoms with Gasteiger partial charge in [-0.05, 0) is 6.42 Å². The van der Waals surface area contributed by atoms with E-state index in [1.165, 1.54) is 14.2 Å². The highest BCUT2D eigenvalue weighted by atomic mass is 16.5. The first kappa shape index (κ1) is 17.7. The molecule has 2 amide bonds. The molecule has 0 aromatic rings. The van der Waals surface area contributed by atoms with Gasteiger partial charge in [0.05, 0.1) is 13.5 Å². The van der Waals surface area contributed by atoms with Gasteiger partial charge < -0.3 is 25.2 Å². The molecule has 1 atom stereocenters. The van der Waals surface area contributed by atoms with E-state index in [1.54, 1.807) is 0 Å². The summed E-state index contributed by atoms with van der Waals surface area (Å²) in [5.41, 5.74) is 0. The second-order valence-corrected chi connectivity index (χ2v) is 4.02. The van der Waals surface area contributed by atoms with E-state index < -0.39 is 30.0 Å². The summed E-state index contributed by atoms with van der Waals surface area (Å²) in [6, 6.07) is -1.99. The van der Waals surface area contributed by atoms with Crippen LogP contribution in [0.25, 0.3) is 0 Å². The molecule has 0 saturated carbocycles. The Balaban J connectivity index is 4.33. The Hall–Kier alpha value is -2.32. The number of hydrogen-bond donors (Lipinski definition) is 3. The number of urea groups is 1. The second kappa shape index (κ2) is 8.73. The van der Waals surface area contributed by atoms with Crippen LogP contribution in [-0.4, -0.2) is 65.8 Å². The van der Waals surface area contributed by atoms with Gasteiger partial charge in [-0.25, -0.2) is 9.59 Å². The number of esters is 1. The summed E-state index contributed by atoms with van der Waals surface area (Å²) >= 11 is 0. The van der Waals surface area contributed by atoms with Crippen LogP contribution >= 0.6 is 0 Å². The van der Waals surface area contributed by atoms with Gasteiger partial charge in [0.1, 0.15) is 6.04 Å². The fourth-order valence-electron chi connectivity index (χ4n) is 1.25. The minimum Gasteiger partial charge on any atom is -0.481 e. The Morgan fingerprint density at radius 1 is 1.20 bits per heavy atom. The number of carbonyl (C=O) groups excluding carboxylic acids is 2. The van der Waals surface area contributed by atoms with Crippen LogP contribution in [0.4, 0.5) is 4.79 Å². The molecule has 0 heterocycles. The summed E-state index contributed by atoms with van der Waals surface area (Å²) in [5, 5.41) is 19.6. The Morgan fingerprint density at radius 2 is 1.80 bits per heavy atom. The molecule has 0 fully saturated rings. The van der Waals surface area contributed by atoms with E-state index in [9.17, 15) is 19.2 Å². The van der Waals surface area contributed by atoms with Crippen molar-refractivity contribution in [2.24, 2.45) is 0 Å². The SMILES string of the molecule is COC(=O)CCN(C)C(=O)N[C@@H](CCC(=O)O)C(=O)O. The molecule has 0 radical (unpaired) electrons. The lowest BCUT2D eigenvalue weighted by Gasteiger charge is -2.20. The first-order chi connectivity index (χ1) is 9.27. The van der Waals surface area contributed by atoms with Gasteiger partial charge in [-0.15, -0.1) is 0 Å². The maximum atomic E-state index is 11.7. The van der Waals surface area contributed by atoms with Crippen LogP contribution < -0.4 is 5.32 Å². The second-order valence-electron chi connectivity index (χ2n) is 4.02. The van der Waals surface area contributed by atoms with Gasteiger partial charge in [0.15, 0.2) is 0 Å². The Labute approximate surface area is 115 Å². The number of hydrogen-bond acceptors (Lipinski definition) is 5. The van der Waals surface area contributed by atoms with Crippen LogP contribution in [0.15, 0.2) is 0 Å². The first-order valence-electron chi connectivity index (χ1n) is 5.81. The number of aliphatic carboxylic acids is 2. The molecule has 114 valence electrons. The minimum absolute atomic E-state index is 0.0206. The van der Waals surface area contributed by atoms with Crippen LogP contribution in [-0.2, 0) is 19.1 Å². The molecule has 0 aromatic carbocycles. The Kier molecular flexibility index (Phi) is 7.71. The van der Waals surface area contributed by atoms with Crippen LogP contribution in [0.5, 0.6) is 0 Å². The van der Waals surface area contributed by atoms with Crippen LogP contribution in [0.3, 0.4) is 0 Å². The Morgan fingerprint density at radius 3 is 2.25 bits per heavy atom. The molecule has 0 saturated heterocycles. The molecule has 20 heavy (non-hydrogen) atoms. The lowest BCUT2D eigenvalue weighted by atomic mass is 10.1. The molecule has 9 heteroatoms. The molecular formula is C11H18N2O7. The van der Waals surface area contributed by atoms with Crippen molar-refractivity contribution < 1.29 is 34.1 Å². The highest BCUT2D eigenvalue weighted by Crippen LogP contribution is 2.00. The van der Waals surface area contributed by atoms with E-state index in [0.717, 1.165) is 4.90 Å². The number of amides is 2. The van der Waals surface area contributed by atoms with E-state index >= 15 is 0 Å². The molecule has 0 aromatic heterocycles. The van der Waals surface area contributed by atoms with Gasteiger partial charge in [-0.3, -0.25) is 9.59 Å². The predicted molar refractivity (Wildman–Crippen MR) is 66.1 cm³/mol. The lowest BCUT2D eigenvalue weighted by molar-refractivity contribution is -0.142. The monoisotopic (exact) mass is 290 g/mol. The number of carboxylic acid groups (broad SMARTS) is 2. The molecule has 0 unspecified atom stereocenters. The van der Waals surface area contributed by atoms with Gasteiger partial charge in [-0.1, -0.05) is 0 Å². The van der Waals surface area contributed by atoms with Crippen LogP contribution in [0, 0.1) is 0 Å². The van der Waals surface area contributed by atoms with Crippen molar-refractivity contribution in [1.82, 2.24) is 10.2 Å². The third-order valence-corrected chi connectivity index (χ3v) is 2.47. The van der Waals surface area contributed by atoms with E-state index in [-0.39, 0.29) is 25.8 Å². The minimum atomic E-state index is -1.32. The molecule has 0 spiro atoms. The smallest absolute Gasteiger partial charge is 0.326 e. The highest BCUT2D eigenvalue weighted by molar-refractivity contribution is 5.83. The van der Waals surface area contributed by atoms with Crippen LogP contribution in [0.1, 0.15) is 19.3 Å². The standard InChI is InChI=1S/C11H18N2O7/c1-13(6-5-9(16)20-2)11(19)12-7(10(17)18)3-4-8(14)15/h7H,3-6H2,1-2H3,(H,12,19)(H,14,15)(H,17,18)/t7-/m0/s1. The van der Waals surface area contributed by atoms with Gasteiger partial charge in [0.2, 0.25) is 0 Å². The van der Waals surface area contributed by atoms with E-state index in [2.05, 4.69) is 10.1 Å². The lowest BCUT2D eigenvalue weighted by Crippen LogP contribution is -2.47. The topological polar surface area (TPSA) is 133 Å². The zero-order chi connectivity index (χ0) is 15.7. The van der Waals surface area contributed by atoms with E-state index in [4.69, 9.17) is 10.2 Å². The van der Waals surface area contributed by atoms with Crippen molar-refractivity contribution in [3.63, 3.8) is 0 Å². The number of nitrogens with one attached hydrogen (secondary N) is 1. The molecule has 0 aliphatic carbocycles. The maximum Gasteiger partial charge on any atom is 0.326 e. The molecule has 3 N–H and O–H groups in total. The van der Waals surface area contributed by atoms with Crippen molar-refractivity contribution in [2.75, 3.05) is 20.7 Å². The molecule has 0 rings (SSSR count). The predicted octanol–water partition coefficient (Wildman–Crippen LogP) is -0.491. The van der Waals surface area contributed by atoms with Gasteiger partial charge in [-0.2, -0.15) is 0 Å². The highest BCUT2D eigenvalue weighted by Gasteiger charge is 2.22. The number of rotatable bonds is 8. The normalized spacial score (nSPS) is 11.3. The van der Waals surface area contributed by atoms with Crippen molar-refractivity contribution in [3.8, 4) is 0 Å². The van der Waals surface area contributed by atoms with E-state index in [1.807, 2.05) is 0 Å². The molecule has 0 aliphatic heterocycles. The van der Waals surface area contributed by atoms with Crippen LogP contribution in [0.2, 0.25) is 0 Å². The summed E-state index contributed by atoms with van der Waals surface area (Å²) in [7, 11) is 2.60. The van der Waals surface area contributed by atoms with Crippen molar-refractivity contribution in [2.45, 2.75) is 25.3 Å². The summed E-state index contributed by atoms with van der Waals surface area (Å²) in [6.45, 7) is 0.0593. The molecule has 0 aliphatic rings. The summed E-state index contributed by atoms with van der Waals surface area (Å²) in [5.74, 6) is -2.96. The van der Waals surface area contributed by atoms with Gasteiger partial charge in [0.25, 0.3) is 0 Å². The largest absolute Gasteiger partial charge is 0.481 e. The summed E-state index contributed by atoms with van der Waals surface area (Å²) < 4.78 is 4.41. The molecule has 9 nitrogen and oxygen atoms in total. The zero-order valence-electron chi connectivity index (χ0n) is 11.3. The maximum absolute atomic E-state index is 11.7. The summed E-state index contributed by atoms with van der Waals surface area (Å²) in [6.07, 6.45) is -0.613. The van der Waals surface area contributed by atoms with Gasteiger partial charge in [0, 0.05) is 20.0 Å². The third kappa shape index (κ3) is 7.19. The van der Waals surface area contributed by atoms with Crippen molar-refractivity contribution in [1.29, 1.82) is 0 Å². The van der Waals surface area contributed by atoms with Crippen molar-refractivity contribution >= 4 is 23.9 Å². The fourth-order valence-corrected chi connectivity index (χ4v) is 1.25. The average molecular weight is 290 g/mol. The average Bonchev–Trinajstić information content (AvgIpc) is 2.39. The number of methoxy groups -OCH3 is 1. The molecular weight excluding hydrogens is 272 g/mol. The number of nitrogens with zero attached hydrogens (tertiary/aromatic N) is 1. The fraction of sp³-hybridized carbons (Fsp3) is 0.636. The Bertz CT molecular complexity index is 383. The van der Waals surface area contributed by atoms with Gasteiger partial charge >= 0.3 is 23.9 Å². The number of carboxylic acids is 2. The quantitative estimate of drug-likeness (QED) is 0.513. The third-order valence-electron chi connectivity index (χ3n) is 2.47. The number of carbonyl (C=O) groups is 4. The first-order valence-corrected chi connectivity index (χ1v) is 5.81. The summed E-state index contributed by atoms with van der Waals surface area (Å²) in [4.78, 5) is 45.0.